The Bertz CT molecular complexity index is 1290. The van der Waals surface area contributed by atoms with Crippen LogP contribution in [0.25, 0.3) is 16.7 Å². The Hall–Kier alpha value is -4.08. The van der Waals surface area contributed by atoms with Crippen LogP contribution < -0.4 is 0 Å². The van der Waals surface area contributed by atoms with E-state index in [0.29, 0.717) is 0 Å². The minimum Gasteiger partial charge on any atom is -0.103 e. The van der Waals surface area contributed by atoms with E-state index in [4.69, 9.17) is 0 Å². The smallest absolute Gasteiger partial charge is 0.0249 e. The summed E-state index contributed by atoms with van der Waals surface area (Å²) in [5, 5.41) is 0. The van der Waals surface area contributed by atoms with Gasteiger partial charge in [0.15, 0.2) is 0 Å². The maximum absolute atomic E-state index is 4.32. The summed E-state index contributed by atoms with van der Waals surface area (Å²) in [7, 11) is 0. The molecule has 4 rings (SSSR count). The topological polar surface area (TPSA) is 0 Å². The average Bonchev–Trinajstić information content (AvgIpc) is 2.87. The molecule has 0 saturated heterocycles. The van der Waals surface area contributed by atoms with Gasteiger partial charge in [-0.1, -0.05) is 103 Å². The molecule has 0 nitrogen and oxygen atoms in total. The van der Waals surface area contributed by atoms with E-state index in [0.717, 1.165) is 40.7 Å². The molecular formula is C33H28. The maximum atomic E-state index is 4.32. The van der Waals surface area contributed by atoms with Crippen molar-refractivity contribution < 1.29 is 0 Å². The van der Waals surface area contributed by atoms with E-state index in [-0.39, 0.29) is 0 Å². The quantitative estimate of drug-likeness (QED) is 0.216. The van der Waals surface area contributed by atoms with Gasteiger partial charge in [-0.3, -0.25) is 0 Å². The van der Waals surface area contributed by atoms with E-state index < -0.39 is 0 Å². The fourth-order valence-electron chi connectivity index (χ4n) is 3.70. The first-order valence-electron chi connectivity index (χ1n) is 11.3. The van der Waals surface area contributed by atoms with Crippen molar-refractivity contribution in [3.05, 3.63) is 150 Å². The zero-order valence-electron chi connectivity index (χ0n) is 19.1. The highest BCUT2D eigenvalue weighted by Crippen LogP contribution is 2.26. The van der Waals surface area contributed by atoms with Crippen molar-refractivity contribution in [2.24, 2.45) is 0 Å². The molecule has 0 unspecified atom stereocenters. The largest absolute Gasteiger partial charge is 0.103 e. The lowest BCUT2D eigenvalue weighted by Gasteiger charge is -2.09. The third-order valence-corrected chi connectivity index (χ3v) is 5.79. The van der Waals surface area contributed by atoms with Gasteiger partial charge in [0.05, 0.1) is 0 Å². The van der Waals surface area contributed by atoms with Crippen LogP contribution in [-0.4, -0.2) is 0 Å². The molecule has 0 amide bonds. The first-order valence-corrected chi connectivity index (χ1v) is 11.3. The van der Waals surface area contributed by atoms with Crippen molar-refractivity contribution >= 4 is 5.57 Å². The number of hydrogen-bond acceptors (Lipinski definition) is 0. The summed E-state index contributed by atoms with van der Waals surface area (Å²) in [5.74, 6) is 6.48. The van der Waals surface area contributed by atoms with Gasteiger partial charge in [-0.15, -0.1) is 6.58 Å². The molecule has 0 heterocycles. The normalized spacial score (nSPS) is 10.2. The summed E-state index contributed by atoms with van der Waals surface area (Å²) < 4.78 is 0. The van der Waals surface area contributed by atoms with E-state index in [1.165, 1.54) is 22.3 Å². The molecule has 0 spiro atoms. The molecule has 0 aliphatic heterocycles. The predicted molar refractivity (Wildman–Crippen MR) is 142 cm³/mol. The molecule has 0 atom stereocenters. The summed E-state index contributed by atoms with van der Waals surface area (Å²) in [6.07, 6.45) is 3.99. The number of aryl methyl sites for hydroxylation is 2. The van der Waals surface area contributed by atoms with Crippen LogP contribution in [0.5, 0.6) is 0 Å². The lowest BCUT2D eigenvalue weighted by molar-refractivity contribution is 1.00. The van der Waals surface area contributed by atoms with Crippen LogP contribution in [0.3, 0.4) is 0 Å². The lowest BCUT2D eigenvalue weighted by atomic mass is 9.95. The van der Waals surface area contributed by atoms with E-state index >= 15 is 0 Å². The third-order valence-electron chi connectivity index (χ3n) is 5.79. The SMILES string of the molecule is C=CCCc1ccc(C(=C)c2ccc(-c3ccc(C#Cc4ccc(C)cc4)cc3)cc2)cc1. The molecule has 0 aromatic heterocycles. The van der Waals surface area contributed by atoms with Crippen molar-refractivity contribution in [1.82, 2.24) is 0 Å². The Balaban J connectivity index is 1.44. The monoisotopic (exact) mass is 424 g/mol. The summed E-state index contributed by atoms with van der Waals surface area (Å²) in [6.45, 7) is 10.2. The van der Waals surface area contributed by atoms with Crippen molar-refractivity contribution in [2.45, 2.75) is 19.8 Å². The molecule has 0 aliphatic rings. The van der Waals surface area contributed by atoms with Crippen LogP contribution in [0.4, 0.5) is 0 Å². The van der Waals surface area contributed by atoms with Crippen molar-refractivity contribution in [2.75, 3.05) is 0 Å². The molecule has 0 aliphatic carbocycles. The summed E-state index contributed by atoms with van der Waals surface area (Å²) in [5.41, 5.74) is 10.3. The Morgan fingerprint density at radius 2 is 1.12 bits per heavy atom. The second kappa shape index (κ2) is 10.5. The van der Waals surface area contributed by atoms with Gasteiger partial charge in [-0.2, -0.15) is 0 Å². The van der Waals surface area contributed by atoms with E-state index in [1.54, 1.807) is 0 Å². The molecule has 0 bridgehead atoms. The average molecular weight is 425 g/mol. The van der Waals surface area contributed by atoms with Crippen molar-refractivity contribution in [3.8, 4) is 23.0 Å². The van der Waals surface area contributed by atoms with Gasteiger partial charge in [0, 0.05) is 11.1 Å². The van der Waals surface area contributed by atoms with E-state index in [2.05, 4.69) is 129 Å². The first-order chi connectivity index (χ1) is 16.1. The summed E-state index contributed by atoms with van der Waals surface area (Å²) in [6, 6.07) is 34.0. The zero-order valence-corrected chi connectivity index (χ0v) is 19.1. The van der Waals surface area contributed by atoms with E-state index in [9.17, 15) is 0 Å². The highest BCUT2D eigenvalue weighted by Gasteiger charge is 2.04. The van der Waals surface area contributed by atoms with Crippen molar-refractivity contribution in [1.29, 1.82) is 0 Å². The molecule has 160 valence electrons. The minimum atomic E-state index is 1.00. The van der Waals surface area contributed by atoms with E-state index in [1.807, 2.05) is 6.08 Å². The van der Waals surface area contributed by atoms with Gasteiger partial charge in [0.1, 0.15) is 0 Å². The summed E-state index contributed by atoms with van der Waals surface area (Å²) >= 11 is 0. The van der Waals surface area contributed by atoms with Gasteiger partial charge >= 0.3 is 0 Å². The lowest BCUT2D eigenvalue weighted by Crippen LogP contribution is -1.89. The molecule has 0 N–H and O–H groups in total. The predicted octanol–water partition coefficient (Wildman–Crippen LogP) is 8.24. The Morgan fingerprint density at radius 3 is 1.64 bits per heavy atom. The highest BCUT2D eigenvalue weighted by molar-refractivity contribution is 5.79. The second-order valence-corrected chi connectivity index (χ2v) is 8.27. The molecule has 4 aromatic carbocycles. The van der Waals surface area contributed by atoms with Gasteiger partial charge in [0.25, 0.3) is 0 Å². The van der Waals surface area contributed by atoms with Crippen LogP contribution in [0.2, 0.25) is 0 Å². The zero-order chi connectivity index (χ0) is 23.0. The highest BCUT2D eigenvalue weighted by atomic mass is 14.1. The molecule has 33 heavy (non-hydrogen) atoms. The third kappa shape index (κ3) is 5.79. The fraction of sp³-hybridized carbons (Fsp3) is 0.0909. The molecular weight excluding hydrogens is 396 g/mol. The Morgan fingerprint density at radius 1 is 0.667 bits per heavy atom. The minimum absolute atomic E-state index is 1.00. The molecule has 0 fully saturated rings. The second-order valence-electron chi connectivity index (χ2n) is 8.27. The number of allylic oxidation sites excluding steroid dienone is 1. The van der Waals surface area contributed by atoms with Crippen LogP contribution in [-0.2, 0) is 6.42 Å². The van der Waals surface area contributed by atoms with Gasteiger partial charge in [0.2, 0.25) is 0 Å². The van der Waals surface area contributed by atoms with Gasteiger partial charge in [-0.05, 0) is 77.4 Å². The van der Waals surface area contributed by atoms with Gasteiger partial charge in [-0.25, -0.2) is 0 Å². The molecule has 0 saturated carbocycles. The first kappa shape index (κ1) is 22.1. The van der Waals surface area contributed by atoms with Crippen molar-refractivity contribution in [3.63, 3.8) is 0 Å². The Kier molecular flexibility index (Phi) is 7.03. The maximum Gasteiger partial charge on any atom is 0.0249 e. The van der Waals surface area contributed by atoms with Gasteiger partial charge < -0.3 is 0 Å². The standard InChI is InChI=1S/C33H28/c1-4-5-6-27-13-17-30(18-14-27)26(3)31-21-23-33(24-22-31)32-19-15-29(16-20-32)12-11-28-9-7-25(2)8-10-28/h4,7-10,13-24H,1,3,5-6H2,2H3. The van der Waals surface area contributed by atoms with Crippen LogP contribution in [0.1, 0.15) is 39.8 Å². The van der Waals surface area contributed by atoms with Crippen LogP contribution in [0.15, 0.2) is 116 Å². The molecule has 4 aromatic rings. The number of hydrogen-bond donors (Lipinski definition) is 0. The van der Waals surface area contributed by atoms with Crippen LogP contribution in [0, 0.1) is 18.8 Å². The Labute approximate surface area is 198 Å². The van der Waals surface area contributed by atoms with Crippen LogP contribution >= 0.6 is 0 Å². The molecule has 0 heteroatoms. The summed E-state index contributed by atoms with van der Waals surface area (Å²) in [4.78, 5) is 0. The fourth-order valence-corrected chi connectivity index (χ4v) is 3.70. The molecule has 0 radical (unpaired) electrons. The number of rotatable bonds is 6. The number of benzene rings is 4.